The van der Waals surface area contributed by atoms with Gasteiger partial charge in [0.2, 0.25) is 0 Å². The summed E-state index contributed by atoms with van der Waals surface area (Å²) in [6, 6.07) is 3.92. The largest absolute Gasteiger partial charge is 0.276 e. The normalized spacial score (nSPS) is 10.2. The van der Waals surface area contributed by atoms with Crippen LogP contribution < -0.4 is 0 Å². The van der Waals surface area contributed by atoms with Gasteiger partial charge in [-0.2, -0.15) is 0 Å². The molecule has 0 aromatic heterocycles. The fraction of sp³-hybridized carbons (Fsp3) is 0.364. The number of carbonyl (C=O) groups excluding carboxylic acids is 1. The van der Waals surface area contributed by atoms with Gasteiger partial charge in [0, 0.05) is 5.56 Å². The van der Waals surface area contributed by atoms with E-state index < -0.39 is 0 Å². The molecule has 1 aromatic carbocycles. The van der Waals surface area contributed by atoms with Gasteiger partial charge in [0.15, 0.2) is 0 Å². The smallest absolute Gasteiger partial charge is 0.252 e. The first-order valence-electron chi connectivity index (χ1n) is 4.36. The van der Waals surface area contributed by atoms with Gasteiger partial charge < -0.3 is 0 Å². The minimum absolute atomic E-state index is 0.358. The van der Waals surface area contributed by atoms with Crippen molar-refractivity contribution in [3.63, 3.8) is 0 Å². The van der Waals surface area contributed by atoms with Crippen LogP contribution in [-0.4, -0.2) is 5.24 Å². The third-order valence-corrected chi connectivity index (χ3v) is 2.39. The predicted molar refractivity (Wildman–Crippen MR) is 55.5 cm³/mol. The van der Waals surface area contributed by atoms with Gasteiger partial charge in [-0.1, -0.05) is 18.6 Å². The summed E-state index contributed by atoms with van der Waals surface area (Å²) in [6.45, 7) is 6.01. The fourth-order valence-electron chi connectivity index (χ4n) is 1.64. The van der Waals surface area contributed by atoms with Crippen molar-refractivity contribution < 1.29 is 4.79 Å². The van der Waals surface area contributed by atoms with E-state index in [-0.39, 0.29) is 5.24 Å². The molecule has 0 radical (unpaired) electrons. The Morgan fingerprint density at radius 3 is 2.46 bits per heavy atom. The molecule has 0 saturated carbocycles. The van der Waals surface area contributed by atoms with Crippen LogP contribution in [0.25, 0.3) is 0 Å². The van der Waals surface area contributed by atoms with Crippen LogP contribution in [0.3, 0.4) is 0 Å². The van der Waals surface area contributed by atoms with Crippen LogP contribution in [0.1, 0.15) is 34.0 Å². The molecule has 0 saturated heterocycles. The third-order valence-electron chi connectivity index (χ3n) is 2.18. The second-order valence-corrected chi connectivity index (χ2v) is 3.58. The van der Waals surface area contributed by atoms with Gasteiger partial charge >= 0.3 is 0 Å². The molecule has 1 nitrogen and oxygen atoms in total. The van der Waals surface area contributed by atoms with Crippen LogP contribution in [0.15, 0.2) is 12.1 Å². The standard InChI is InChI=1S/C11H13ClO/c1-4-9-8(3)5-7(2)6-10(9)11(12)13/h5-6H,4H2,1-3H3. The van der Waals surface area contributed by atoms with E-state index in [1.54, 1.807) is 0 Å². The van der Waals surface area contributed by atoms with Crippen LogP contribution in [-0.2, 0) is 6.42 Å². The molecule has 2 heteroatoms. The summed E-state index contributed by atoms with van der Waals surface area (Å²) in [5.74, 6) is 0. The zero-order valence-corrected chi connectivity index (χ0v) is 8.90. The fourth-order valence-corrected chi connectivity index (χ4v) is 1.81. The maximum Gasteiger partial charge on any atom is 0.252 e. The van der Waals surface area contributed by atoms with Gasteiger partial charge in [-0.3, -0.25) is 4.79 Å². The van der Waals surface area contributed by atoms with E-state index in [0.717, 1.165) is 23.1 Å². The second kappa shape index (κ2) is 3.93. The van der Waals surface area contributed by atoms with E-state index in [2.05, 4.69) is 6.07 Å². The topological polar surface area (TPSA) is 17.1 Å². The molecule has 0 unspecified atom stereocenters. The molecule has 0 N–H and O–H groups in total. The SMILES string of the molecule is CCc1c(C)cc(C)cc1C(=O)Cl. The average Bonchev–Trinajstić information content (AvgIpc) is 2.02. The van der Waals surface area contributed by atoms with Gasteiger partial charge in [0.1, 0.15) is 0 Å². The molecule has 0 fully saturated rings. The number of carbonyl (C=O) groups is 1. The van der Waals surface area contributed by atoms with Crippen molar-refractivity contribution in [3.8, 4) is 0 Å². The van der Waals surface area contributed by atoms with Crippen molar-refractivity contribution in [1.29, 1.82) is 0 Å². The highest BCUT2D eigenvalue weighted by Gasteiger charge is 2.10. The van der Waals surface area contributed by atoms with E-state index in [1.165, 1.54) is 0 Å². The van der Waals surface area contributed by atoms with Gasteiger partial charge in [0.05, 0.1) is 0 Å². The van der Waals surface area contributed by atoms with Gasteiger partial charge in [-0.25, -0.2) is 0 Å². The number of hydrogen-bond acceptors (Lipinski definition) is 1. The molecule has 0 bridgehead atoms. The van der Waals surface area contributed by atoms with E-state index in [0.29, 0.717) is 5.56 Å². The minimum atomic E-state index is -0.358. The maximum atomic E-state index is 11.1. The van der Waals surface area contributed by atoms with Crippen LogP contribution in [0, 0.1) is 13.8 Å². The van der Waals surface area contributed by atoms with Crippen LogP contribution in [0.2, 0.25) is 0 Å². The first kappa shape index (κ1) is 10.3. The second-order valence-electron chi connectivity index (χ2n) is 3.24. The summed E-state index contributed by atoms with van der Waals surface area (Å²) in [5, 5.41) is -0.358. The van der Waals surface area contributed by atoms with Crippen molar-refractivity contribution in [2.24, 2.45) is 0 Å². The Balaban J connectivity index is 3.38. The average molecular weight is 197 g/mol. The lowest BCUT2D eigenvalue weighted by Crippen LogP contribution is -2.00. The molecule has 0 aliphatic carbocycles. The highest BCUT2D eigenvalue weighted by Crippen LogP contribution is 2.19. The van der Waals surface area contributed by atoms with Crippen LogP contribution >= 0.6 is 11.6 Å². The number of halogens is 1. The number of hydrogen-bond donors (Lipinski definition) is 0. The van der Waals surface area contributed by atoms with Gasteiger partial charge in [-0.15, -0.1) is 0 Å². The third kappa shape index (κ3) is 2.10. The number of aryl methyl sites for hydroxylation is 2. The Labute approximate surface area is 83.7 Å². The quantitative estimate of drug-likeness (QED) is 0.664. The molecule has 0 spiro atoms. The molecule has 13 heavy (non-hydrogen) atoms. The summed E-state index contributed by atoms with van der Waals surface area (Å²) in [4.78, 5) is 11.1. The van der Waals surface area contributed by atoms with Crippen molar-refractivity contribution in [2.45, 2.75) is 27.2 Å². The predicted octanol–water partition coefficient (Wildman–Crippen LogP) is 3.24. The lowest BCUT2D eigenvalue weighted by molar-refractivity contribution is 0.108. The van der Waals surface area contributed by atoms with Crippen LogP contribution in [0.4, 0.5) is 0 Å². The monoisotopic (exact) mass is 196 g/mol. The molecule has 1 aromatic rings. The minimum Gasteiger partial charge on any atom is -0.276 e. The lowest BCUT2D eigenvalue weighted by Gasteiger charge is -2.08. The van der Waals surface area contributed by atoms with E-state index >= 15 is 0 Å². The molecule has 0 amide bonds. The summed E-state index contributed by atoms with van der Waals surface area (Å²) in [6.07, 6.45) is 0.847. The first-order valence-corrected chi connectivity index (χ1v) is 4.74. The number of benzene rings is 1. The number of rotatable bonds is 2. The molecule has 0 aliphatic heterocycles. The zero-order valence-electron chi connectivity index (χ0n) is 8.15. The summed E-state index contributed by atoms with van der Waals surface area (Å²) in [5.41, 5.74) is 3.94. The first-order chi connectivity index (χ1) is 6.06. The highest BCUT2D eigenvalue weighted by atomic mass is 35.5. The van der Waals surface area contributed by atoms with E-state index in [1.807, 2.05) is 26.8 Å². The van der Waals surface area contributed by atoms with Gasteiger partial charge in [-0.05, 0) is 49.1 Å². The maximum absolute atomic E-state index is 11.1. The van der Waals surface area contributed by atoms with Gasteiger partial charge in [0.25, 0.3) is 5.24 Å². The molecule has 70 valence electrons. The molecule has 1 rings (SSSR count). The lowest BCUT2D eigenvalue weighted by atomic mass is 9.98. The molecular weight excluding hydrogens is 184 g/mol. The molecular formula is C11H13ClO. The summed E-state index contributed by atoms with van der Waals surface area (Å²) >= 11 is 5.49. The van der Waals surface area contributed by atoms with Crippen molar-refractivity contribution in [1.82, 2.24) is 0 Å². The Morgan fingerprint density at radius 1 is 1.38 bits per heavy atom. The molecule has 0 aliphatic rings. The zero-order chi connectivity index (χ0) is 10.0. The summed E-state index contributed by atoms with van der Waals surface area (Å²) in [7, 11) is 0. The highest BCUT2D eigenvalue weighted by molar-refractivity contribution is 6.67. The van der Waals surface area contributed by atoms with Crippen molar-refractivity contribution in [3.05, 3.63) is 34.4 Å². The van der Waals surface area contributed by atoms with E-state index in [9.17, 15) is 4.79 Å². The summed E-state index contributed by atoms with van der Waals surface area (Å²) < 4.78 is 0. The molecule has 0 atom stereocenters. The molecule has 0 heterocycles. The Hall–Kier alpha value is -0.820. The Morgan fingerprint density at radius 2 is 2.00 bits per heavy atom. The Bertz CT molecular complexity index is 342. The Kier molecular flexibility index (Phi) is 3.10. The van der Waals surface area contributed by atoms with E-state index in [4.69, 9.17) is 11.6 Å². The van der Waals surface area contributed by atoms with Crippen molar-refractivity contribution in [2.75, 3.05) is 0 Å². The van der Waals surface area contributed by atoms with Crippen molar-refractivity contribution >= 4 is 16.8 Å². The van der Waals surface area contributed by atoms with Crippen LogP contribution in [0.5, 0.6) is 0 Å².